The lowest BCUT2D eigenvalue weighted by Gasteiger charge is -2.07. The normalized spacial score (nSPS) is 15.9. The molecule has 1 fully saturated rings. The maximum atomic E-state index is 10.1. The van der Waals surface area contributed by atoms with Gasteiger partial charge in [-0.2, -0.15) is 0 Å². The SMILES string of the molecule is NC(=O)O.O=C(O)N1CCCC1.O=C1C=CC(=O)N1. The lowest BCUT2D eigenvalue weighted by molar-refractivity contribution is -0.123. The molecule has 0 saturated carbocycles. The molecule has 19 heavy (non-hydrogen) atoms. The Labute approximate surface area is 108 Å². The molecule has 4 amide bonds. The van der Waals surface area contributed by atoms with Gasteiger partial charge in [-0.25, -0.2) is 9.59 Å². The van der Waals surface area contributed by atoms with Gasteiger partial charge in [0.05, 0.1) is 0 Å². The molecule has 2 aliphatic heterocycles. The first-order chi connectivity index (χ1) is 8.82. The van der Waals surface area contributed by atoms with Gasteiger partial charge in [-0.05, 0) is 12.8 Å². The number of hydrogen-bond donors (Lipinski definition) is 4. The lowest BCUT2D eigenvalue weighted by atomic mass is 10.4. The van der Waals surface area contributed by atoms with Crippen molar-refractivity contribution in [1.29, 1.82) is 0 Å². The predicted molar refractivity (Wildman–Crippen MR) is 63.3 cm³/mol. The zero-order valence-corrected chi connectivity index (χ0v) is 10.0. The van der Waals surface area contributed by atoms with Gasteiger partial charge in [-0.15, -0.1) is 0 Å². The van der Waals surface area contributed by atoms with Crippen LogP contribution in [0.25, 0.3) is 0 Å². The van der Waals surface area contributed by atoms with E-state index in [9.17, 15) is 14.4 Å². The zero-order chi connectivity index (χ0) is 14.8. The van der Waals surface area contributed by atoms with E-state index in [2.05, 4.69) is 5.73 Å². The number of carboxylic acid groups (broad SMARTS) is 2. The van der Waals surface area contributed by atoms with Crippen LogP contribution in [-0.2, 0) is 9.59 Å². The van der Waals surface area contributed by atoms with Gasteiger partial charge >= 0.3 is 12.2 Å². The fraction of sp³-hybridized carbons (Fsp3) is 0.400. The minimum absolute atomic E-state index is 0.329. The molecule has 2 aliphatic rings. The zero-order valence-electron chi connectivity index (χ0n) is 10.0. The highest BCUT2D eigenvalue weighted by Crippen LogP contribution is 2.05. The average Bonchev–Trinajstić information content (AvgIpc) is 2.89. The molecule has 0 atom stereocenters. The topological polar surface area (TPSA) is 150 Å². The number of imide groups is 1. The highest BCUT2D eigenvalue weighted by atomic mass is 16.4. The standard InChI is InChI=1S/C5H9NO2.C4H3NO2.CH3NO2/c7-5(8)6-3-1-2-4-6;6-3-1-2-4(7)5-3;2-1(3)4/h1-4H2,(H,7,8);1-2H,(H,5,6,7);2H2,(H,3,4). The van der Waals surface area contributed by atoms with E-state index in [1.165, 1.54) is 17.1 Å². The minimum atomic E-state index is -1.33. The van der Waals surface area contributed by atoms with Gasteiger partial charge in [-0.3, -0.25) is 14.9 Å². The van der Waals surface area contributed by atoms with Gasteiger partial charge < -0.3 is 20.8 Å². The Morgan fingerprint density at radius 3 is 1.63 bits per heavy atom. The number of nitrogens with one attached hydrogen (secondary N) is 1. The van der Waals surface area contributed by atoms with Crippen LogP contribution in [0.5, 0.6) is 0 Å². The molecule has 0 spiro atoms. The molecule has 0 aromatic rings. The van der Waals surface area contributed by atoms with Crippen molar-refractivity contribution in [2.75, 3.05) is 13.1 Å². The summed E-state index contributed by atoms with van der Waals surface area (Å²) in [6, 6.07) is 0. The Bertz CT molecular complexity index is 367. The second-order valence-corrected chi connectivity index (χ2v) is 3.50. The van der Waals surface area contributed by atoms with Crippen LogP contribution < -0.4 is 11.1 Å². The molecule has 0 aliphatic carbocycles. The van der Waals surface area contributed by atoms with Crippen molar-refractivity contribution in [2.24, 2.45) is 5.73 Å². The van der Waals surface area contributed by atoms with E-state index in [1.54, 1.807) is 0 Å². The molecule has 0 unspecified atom stereocenters. The second-order valence-electron chi connectivity index (χ2n) is 3.50. The number of amides is 4. The van der Waals surface area contributed by atoms with Crippen LogP contribution in [0.1, 0.15) is 12.8 Å². The monoisotopic (exact) mass is 273 g/mol. The molecule has 9 nitrogen and oxygen atoms in total. The summed E-state index contributed by atoms with van der Waals surface area (Å²) in [6.45, 7) is 1.46. The molecule has 5 N–H and O–H groups in total. The highest BCUT2D eigenvalue weighted by Gasteiger charge is 2.15. The Balaban J connectivity index is 0.000000272. The van der Waals surface area contributed by atoms with Gasteiger partial charge in [0, 0.05) is 25.2 Å². The molecular weight excluding hydrogens is 258 g/mol. The molecule has 1 saturated heterocycles. The summed E-state index contributed by atoms with van der Waals surface area (Å²) in [5.74, 6) is -0.657. The number of carbonyl (C=O) groups is 4. The van der Waals surface area contributed by atoms with E-state index >= 15 is 0 Å². The Morgan fingerprint density at radius 2 is 1.47 bits per heavy atom. The summed E-state index contributed by atoms with van der Waals surface area (Å²) in [5.41, 5.74) is 4.03. The van der Waals surface area contributed by atoms with Crippen molar-refractivity contribution in [3.05, 3.63) is 12.2 Å². The van der Waals surface area contributed by atoms with E-state index in [0.29, 0.717) is 0 Å². The fourth-order valence-corrected chi connectivity index (χ4v) is 1.26. The lowest BCUT2D eigenvalue weighted by Crippen LogP contribution is -2.25. The number of primary amides is 1. The first-order valence-electron chi connectivity index (χ1n) is 5.32. The molecule has 2 heterocycles. The summed E-state index contributed by atoms with van der Waals surface area (Å²) in [5, 5.41) is 17.6. The van der Waals surface area contributed by atoms with Crippen molar-refractivity contribution >= 4 is 24.0 Å². The van der Waals surface area contributed by atoms with Crippen molar-refractivity contribution < 1.29 is 29.4 Å². The van der Waals surface area contributed by atoms with Crippen LogP contribution in [0, 0.1) is 0 Å². The summed E-state index contributed by atoms with van der Waals surface area (Å²) >= 11 is 0. The summed E-state index contributed by atoms with van der Waals surface area (Å²) in [6.07, 6.45) is 2.35. The Morgan fingerprint density at radius 1 is 1.11 bits per heavy atom. The second kappa shape index (κ2) is 8.50. The number of carbonyl (C=O) groups excluding carboxylic acids is 2. The molecule has 106 valence electrons. The van der Waals surface area contributed by atoms with Gasteiger partial charge in [0.2, 0.25) is 0 Å². The van der Waals surface area contributed by atoms with Gasteiger partial charge in [0.1, 0.15) is 0 Å². The smallest absolute Gasteiger partial charge is 0.407 e. The van der Waals surface area contributed by atoms with Crippen LogP contribution in [0.3, 0.4) is 0 Å². The maximum Gasteiger partial charge on any atom is 0.407 e. The maximum absolute atomic E-state index is 10.1. The van der Waals surface area contributed by atoms with Crippen molar-refractivity contribution in [3.8, 4) is 0 Å². The van der Waals surface area contributed by atoms with E-state index < -0.39 is 12.2 Å². The van der Waals surface area contributed by atoms with Crippen molar-refractivity contribution in [3.63, 3.8) is 0 Å². The summed E-state index contributed by atoms with van der Waals surface area (Å²) in [7, 11) is 0. The quantitative estimate of drug-likeness (QED) is 0.440. The van der Waals surface area contributed by atoms with Crippen molar-refractivity contribution in [1.82, 2.24) is 10.2 Å². The number of rotatable bonds is 0. The number of likely N-dealkylation sites (tertiary alicyclic amines) is 1. The fourth-order valence-electron chi connectivity index (χ4n) is 1.26. The molecule has 0 radical (unpaired) electrons. The molecule has 9 heteroatoms. The van der Waals surface area contributed by atoms with Crippen LogP contribution in [0.15, 0.2) is 12.2 Å². The minimum Gasteiger partial charge on any atom is -0.465 e. The average molecular weight is 273 g/mol. The Kier molecular flexibility index (Phi) is 7.35. The Hall–Kier alpha value is -2.58. The van der Waals surface area contributed by atoms with Crippen molar-refractivity contribution in [2.45, 2.75) is 12.8 Å². The van der Waals surface area contributed by atoms with Gasteiger partial charge in [0.15, 0.2) is 0 Å². The molecule has 0 aromatic carbocycles. The van der Waals surface area contributed by atoms with E-state index in [0.717, 1.165) is 25.9 Å². The third-order valence-corrected chi connectivity index (χ3v) is 2.01. The van der Waals surface area contributed by atoms with Crippen LogP contribution in [-0.4, -0.2) is 52.2 Å². The number of nitrogens with two attached hydrogens (primary N) is 1. The predicted octanol–water partition coefficient (Wildman–Crippen LogP) is -0.418. The number of nitrogens with zero attached hydrogens (tertiary/aromatic N) is 1. The molecule has 0 aromatic heterocycles. The van der Waals surface area contributed by atoms with E-state index in [-0.39, 0.29) is 11.8 Å². The summed E-state index contributed by atoms with van der Waals surface area (Å²) < 4.78 is 0. The van der Waals surface area contributed by atoms with Crippen LogP contribution in [0.4, 0.5) is 9.59 Å². The number of hydrogen-bond acceptors (Lipinski definition) is 4. The third-order valence-electron chi connectivity index (χ3n) is 2.01. The van der Waals surface area contributed by atoms with E-state index in [4.69, 9.17) is 15.0 Å². The molecule has 2 rings (SSSR count). The first-order valence-corrected chi connectivity index (χ1v) is 5.32. The van der Waals surface area contributed by atoms with Crippen LogP contribution in [0.2, 0.25) is 0 Å². The van der Waals surface area contributed by atoms with Gasteiger partial charge in [-0.1, -0.05) is 0 Å². The highest BCUT2D eigenvalue weighted by molar-refractivity contribution is 6.12. The summed E-state index contributed by atoms with van der Waals surface area (Å²) in [4.78, 5) is 40.4. The molecular formula is C10H15N3O6. The first kappa shape index (κ1) is 16.4. The molecule has 0 bridgehead atoms. The van der Waals surface area contributed by atoms with E-state index in [1.807, 2.05) is 5.32 Å². The van der Waals surface area contributed by atoms with Crippen LogP contribution >= 0.6 is 0 Å². The largest absolute Gasteiger partial charge is 0.465 e. The van der Waals surface area contributed by atoms with Gasteiger partial charge in [0.25, 0.3) is 11.8 Å². The third kappa shape index (κ3) is 9.15.